The third-order valence-corrected chi connectivity index (χ3v) is 2.50. The first-order valence-electron chi connectivity index (χ1n) is 5.60. The standard InChI is InChI=1S/C13H11F3N4.Li/c14-13(15,16)8-2-1-3-10(6-8)19-20-12-5-4-9(17)7-11(12)18;/h1-7H,17-18H2;. The van der Waals surface area contributed by atoms with Gasteiger partial charge in [0, 0.05) is 24.5 Å². The summed E-state index contributed by atoms with van der Waals surface area (Å²) in [6.45, 7) is 0. The van der Waals surface area contributed by atoms with E-state index >= 15 is 0 Å². The number of nitrogens with zero attached hydrogens (tertiary/aromatic N) is 2. The van der Waals surface area contributed by atoms with Gasteiger partial charge < -0.3 is 11.5 Å². The van der Waals surface area contributed by atoms with Crippen LogP contribution >= 0.6 is 0 Å². The number of nitrogens with two attached hydrogens (primary N) is 2. The molecule has 0 bridgehead atoms. The van der Waals surface area contributed by atoms with Gasteiger partial charge in [-0.2, -0.15) is 18.3 Å². The molecular formula is C13H11F3LiN4. The number of alkyl halides is 3. The molecule has 0 amide bonds. The molecule has 0 saturated heterocycles. The van der Waals surface area contributed by atoms with E-state index in [1.807, 2.05) is 0 Å². The zero-order valence-corrected chi connectivity index (χ0v) is 11.2. The summed E-state index contributed by atoms with van der Waals surface area (Å²) in [5.41, 5.74) is 11.6. The monoisotopic (exact) mass is 287 g/mol. The van der Waals surface area contributed by atoms with Gasteiger partial charge in [-0.15, -0.1) is 5.11 Å². The number of halogens is 3. The number of benzene rings is 2. The van der Waals surface area contributed by atoms with E-state index in [0.29, 0.717) is 17.1 Å². The summed E-state index contributed by atoms with van der Waals surface area (Å²) in [4.78, 5) is 0. The van der Waals surface area contributed by atoms with E-state index in [4.69, 9.17) is 11.5 Å². The number of nitrogen functional groups attached to an aromatic ring is 2. The molecule has 4 N–H and O–H groups in total. The van der Waals surface area contributed by atoms with Crippen molar-refractivity contribution in [1.82, 2.24) is 0 Å². The van der Waals surface area contributed by atoms with E-state index in [1.165, 1.54) is 18.2 Å². The topological polar surface area (TPSA) is 76.8 Å². The maximum absolute atomic E-state index is 12.5. The van der Waals surface area contributed by atoms with Crippen LogP contribution in [0.1, 0.15) is 5.56 Å². The fourth-order valence-corrected chi connectivity index (χ4v) is 1.52. The van der Waals surface area contributed by atoms with E-state index in [1.54, 1.807) is 12.1 Å². The van der Waals surface area contributed by atoms with Crippen LogP contribution in [0.5, 0.6) is 0 Å². The van der Waals surface area contributed by atoms with E-state index in [0.717, 1.165) is 12.1 Å². The Morgan fingerprint density at radius 2 is 1.62 bits per heavy atom. The van der Waals surface area contributed by atoms with E-state index in [-0.39, 0.29) is 24.5 Å². The van der Waals surface area contributed by atoms with Gasteiger partial charge in [-0.05, 0) is 36.4 Å². The maximum Gasteiger partial charge on any atom is 0.416 e. The minimum Gasteiger partial charge on any atom is -0.399 e. The molecule has 8 heteroatoms. The van der Waals surface area contributed by atoms with Crippen molar-refractivity contribution in [1.29, 1.82) is 0 Å². The van der Waals surface area contributed by atoms with Crippen molar-refractivity contribution >= 4 is 41.6 Å². The summed E-state index contributed by atoms with van der Waals surface area (Å²) in [6.07, 6.45) is -4.41. The second kappa shape index (κ2) is 6.65. The first-order chi connectivity index (χ1) is 9.36. The third-order valence-electron chi connectivity index (χ3n) is 2.50. The fourth-order valence-electron chi connectivity index (χ4n) is 1.52. The molecule has 0 saturated carbocycles. The predicted molar refractivity (Wildman–Crippen MR) is 76.6 cm³/mol. The Bertz CT molecular complexity index is 656. The number of azo groups is 1. The van der Waals surface area contributed by atoms with Crippen LogP contribution in [0.4, 0.5) is 35.9 Å². The molecule has 2 aromatic carbocycles. The van der Waals surface area contributed by atoms with Crippen molar-refractivity contribution in [2.24, 2.45) is 10.2 Å². The molecule has 0 fully saturated rings. The Labute approximate surface area is 131 Å². The van der Waals surface area contributed by atoms with Gasteiger partial charge in [0.25, 0.3) is 0 Å². The van der Waals surface area contributed by atoms with Crippen molar-refractivity contribution in [3.63, 3.8) is 0 Å². The van der Waals surface area contributed by atoms with Gasteiger partial charge in [0.1, 0.15) is 5.69 Å². The molecule has 21 heavy (non-hydrogen) atoms. The van der Waals surface area contributed by atoms with Crippen LogP contribution in [0.15, 0.2) is 52.7 Å². The smallest absolute Gasteiger partial charge is 0.399 e. The van der Waals surface area contributed by atoms with E-state index < -0.39 is 11.7 Å². The summed E-state index contributed by atoms with van der Waals surface area (Å²) in [5.74, 6) is 0. The molecule has 0 heterocycles. The van der Waals surface area contributed by atoms with Crippen molar-refractivity contribution in [3.8, 4) is 0 Å². The van der Waals surface area contributed by atoms with Gasteiger partial charge in [0.2, 0.25) is 0 Å². The Morgan fingerprint density at radius 3 is 2.24 bits per heavy atom. The van der Waals surface area contributed by atoms with Gasteiger partial charge in [-0.3, -0.25) is 0 Å². The van der Waals surface area contributed by atoms with Crippen LogP contribution in [-0.4, -0.2) is 18.9 Å². The molecule has 0 unspecified atom stereocenters. The second-order valence-corrected chi connectivity index (χ2v) is 4.07. The number of anilines is 2. The van der Waals surface area contributed by atoms with Crippen LogP contribution < -0.4 is 11.5 Å². The molecule has 0 aliphatic heterocycles. The molecule has 2 aromatic rings. The number of hydrogen-bond donors (Lipinski definition) is 2. The van der Waals surface area contributed by atoms with Gasteiger partial charge in [-0.1, -0.05) is 6.07 Å². The van der Waals surface area contributed by atoms with Crippen LogP contribution in [-0.2, 0) is 6.18 Å². The average molecular weight is 287 g/mol. The van der Waals surface area contributed by atoms with Crippen LogP contribution in [0.2, 0.25) is 0 Å². The Balaban J connectivity index is 0.00000220. The molecule has 4 nitrogen and oxygen atoms in total. The van der Waals surface area contributed by atoms with Crippen LogP contribution in [0.3, 0.4) is 0 Å². The average Bonchev–Trinajstić information content (AvgIpc) is 2.37. The quantitative estimate of drug-likeness (QED) is 0.499. The van der Waals surface area contributed by atoms with Crippen molar-refractivity contribution in [2.75, 3.05) is 11.5 Å². The minimum absolute atomic E-state index is 0. The van der Waals surface area contributed by atoms with Crippen LogP contribution in [0.25, 0.3) is 0 Å². The first kappa shape index (κ1) is 17.1. The molecule has 1 radical (unpaired) electrons. The summed E-state index contributed by atoms with van der Waals surface area (Å²) < 4.78 is 37.6. The Morgan fingerprint density at radius 1 is 0.905 bits per heavy atom. The molecule has 0 atom stereocenters. The maximum atomic E-state index is 12.5. The predicted octanol–water partition coefficient (Wildman–Crippen LogP) is 3.90. The van der Waals surface area contributed by atoms with Crippen molar-refractivity contribution in [2.45, 2.75) is 6.18 Å². The minimum atomic E-state index is -4.41. The molecule has 0 spiro atoms. The van der Waals surface area contributed by atoms with E-state index in [9.17, 15) is 13.2 Å². The van der Waals surface area contributed by atoms with Crippen LogP contribution in [0, 0.1) is 0 Å². The molecule has 0 aromatic heterocycles. The van der Waals surface area contributed by atoms with Gasteiger partial charge in [0.15, 0.2) is 0 Å². The summed E-state index contributed by atoms with van der Waals surface area (Å²) in [6, 6.07) is 9.20. The Kier molecular flexibility index (Phi) is 5.41. The van der Waals surface area contributed by atoms with Crippen molar-refractivity contribution in [3.05, 3.63) is 48.0 Å². The summed E-state index contributed by atoms with van der Waals surface area (Å²) >= 11 is 0. The first-order valence-corrected chi connectivity index (χ1v) is 5.60. The number of hydrogen-bond acceptors (Lipinski definition) is 4. The van der Waals surface area contributed by atoms with Gasteiger partial charge >= 0.3 is 6.18 Å². The van der Waals surface area contributed by atoms with Gasteiger partial charge in [-0.25, -0.2) is 0 Å². The zero-order valence-electron chi connectivity index (χ0n) is 11.2. The normalized spacial score (nSPS) is 11.4. The summed E-state index contributed by atoms with van der Waals surface area (Å²) in [7, 11) is 0. The third kappa shape index (κ3) is 4.51. The fraction of sp³-hybridized carbons (Fsp3) is 0.0769. The molecule has 2 rings (SSSR count). The van der Waals surface area contributed by atoms with E-state index in [2.05, 4.69) is 10.2 Å². The molecular weight excluding hydrogens is 276 g/mol. The SMILES string of the molecule is Nc1ccc(N=Nc2cccc(C(F)(F)F)c2)c(N)c1.[Li]. The molecule has 0 aliphatic carbocycles. The number of rotatable bonds is 2. The second-order valence-electron chi connectivity index (χ2n) is 4.07. The van der Waals surface area contributed by atoms with Crippen molar-refractivity contribution < 1.29 is 13.2 Å². The molecule has 105 valence electrons. The van der Waals surface area contributed by atoms with Gasteiger partial charge in [0.05, 0.1) is 16.9 Å². The largest absolute Gasteiger partial charge is 0.416 e. The zero-order chi connectivity index (χ0) is 14.8. The Hall–Kier alpha value is -1.97. The molecule has 0 aliphatic rings. The summed E-state index contributed by atoms with van der Waals surface area (Å²) in [5, 5.41) is 7.56.